The molecule has 3 rings (SSSR count). The smallest absolute Gasteiger partial charge is 0.144 e. The van der Waals surface area contributed by atoms with Gasteiger partial charge >= 0.3 is 0 Å². The summed E-state index contributed by atoms with van der Waals surface area (Å²) in [6.45, 7) is 11.7. The van der Waals surface area contributed by atoms with Gasteiger partial charge in [0.25, 0.3) is 0 Å². The number of benzene rings is 1. The second-order valence-electron chi connectivity index (χ2n) is 7.55. The molecular formula is C19H24BS. The molecule has 21 heavy (non-hydrogen) atoms. The average Bonchev–Trinajstić information content (AvgIpc) is 2.83. The van der Waals surface area contributed by atoms with Crippen molar-refractivity contribution in [1.29, 1.82) is 0 Å². The Hall–Kier alpha value is -1.02. The van der Waals surface area contributed by atoms with E-state index in [1.54, 1.807) is 11.1 Å². The molecule has 0 unspecified atom stereocenters. The first-order valence-corrected chi connectivity index (χ1v) is 8.75. The molecule has 0 fully saturated rings. The SMILES string of the molecule is C/C=C/[B]c1csc2cc3c(cc12)C(C)(C)CCC3(C)C. The van der Waals surface area contributed by atoms with Crippen molar-refractivity contribution in [1.82, 2.24) is 0 Å². The van der Waals surface area contributed by atoms with Crippen LogP contribution in [0, 0.1) is 0 Å². The standard InChI is InChI=1S/C19H24BS/c1-6-9-20-16-12-21-17-11-15-14(10-13(16)17)18(2,3)7-8-19(15,4)5/h6,9-12H,7-8H2,1-5H3/b9-6+. The summed E-state index contributed by atoms with van der Waals surface area (Å²) in [5, 5.41) is 3.71. The lowest BCUT2D eigenvalue weighted by atomic mass is 9.62. The van der Waals surface area contributed by atoms with E-state index in [9.17, 15) is 0 Å². The number of hydrogen-bond donors (Lipinski definition) is 0. The second-order valence-corrected chi connectivity index (χ2v) is 8.46. The van der Waals surface area contributed by atoms with Crippen molar-refractivity contribution < 1.29 is 0 Å². The molecular weight excluding hydrogens is 271 g/mol. The van der Waals surface area contributed by atoms with Gasteiger partial charge in [0.15, 0.2) is 7.28 Å². The molecule has 0 N–H and O–H groups in total. The van der Waals surface area contributed by atoms with Gasteiger partial charge in [-0.15, -0.1) is 23.4 Å². The van der Waals surface area contributed by atoms with E-state index < -0.39 is 0 Å². The lowest BCUT2D eigenvalue weighted by molar-refractivity contribution is 0.332. The van der Waals surface area contributed by atoms with Crippen LogP contribution in [0.15, 0.2) is 29.6 Å². The molecule has 0 saturated carbocycles. The zero-order valence-corrected chi connectivity index (χ0v) is 14.6. The topological polar surface area (TPSA) is 0 Å². The number of hydrogen-bond acceptors (Lipinski definition) is 1. The molecule has 1 aliphatic carbocycles. The first kappa shape index (κ1) is 14.9. The number of rotatable bonds is 2. The molecule has 1 heterocycles. The van der Waals surface area contributed by atoms with Gasteiger partial charge in [0, 0.05) is 4.70 Å². The molecule has 2 heteroatoms. The Labute approximate surface area is 133 Å². The van der Waals surface area contributed by atoms with Crippen LogP contribution < -0.4 is 5.46 Å². The van der Waals surface area contributed by atoms with E-state index in [1.807, 2.05) is 11.3 Å². The van der Waals surface area contributed by atoms with Crippen LogP contribution in [0.1, 0.15) is 58.6 Å². The third-order valence-electron chi connectivity index (χ3n) is 5.05. The Morgan fingerprint density at radius 3 is 2.29 bits per heavy atom. The molecule has 0 spiro atoms. The molecule has 1 aromatic heterocycles. The van der Waals surface area contributed by atoms with E-state index in [0.29, 0.717) is 10.8 Å². The maximum absolute atomic E-state index is 2.47. The highest BCUT2D eigenvalue weighted by Gasteiger charge is 2.37. The van der Waals surface area contributed by atoms with E-state index in [1.165, 1.54) is 28.4 Å². The van der Waals surface area contributed by atoms with Crippen molar-refractivity contribution in [3.63, 3.8) is 0 Å². The highest BCUT2D eigenvalue weighted by Crippen LogP contribution is 2.47. The minimum atomic E-state index is 0.291. The van der Waals surface area contributed by atoms with Crippen LogP contribution in [0.3, 0.4) is 0 Å². The summed E-state index contributed by atoms with van der Waals surface area (Å²) >= 11 is 1.87. The van der Waals surface area contributed by atoms with E-state index >= 15 is 0 Å². The van der Waals surface area contributed by atoms with Gasteiger partial charge in [-0.1, -0.05) is 39.2 Å². The van der Waals surface area contributed by atoms with Gasteiger partial charge in [0.1, 0.15) is 0 Å². The Bertz CT molecular complexity index is 704. The lowest BCUT2D eigenvalue weighted by Crippen LogP contribution is -2.33. The Kier molecular flexibility index (Phi) is 3.56. The van der Waals surface area contributed by atoms with Gasteiger partial charge in [-0.05, 0) is 58.6 Å². The van der Waals surface area contributed by atoms with Gasteiger partial charge < -0.3 is 0 Å². The predicted molar refractivity (Wildman–Crippen MR) is 97.3 cm³/mol. The quantitative estimate of drug-likeness (QED) is 0.675. The van der Waals surface area contributed by atoms with E-state index in [-0.39, 0.29) is 0 Å². The van der Waals surface area contributed by atoms with Crippen molar-refractivity contribution in [2.24, 2.45) is 0 Å². The number of thiophene rings is 1. The summed E-state index contributed by atoms with van der Waals surface area (Å²) in [5.74, 6) is 2.13. The number of fused-ring (bicyclic) bond motifs is 2. The predicted octanol–water partition coefficient (Wildman–Crippen LogP) is 5.11. The zero-order chi connectivity index (χ0) is 15.3. The minimum absolute atomic E-state index is 0.291. The van der Waals surface area contributed by atoms with Crippen molar-refractivity contribution in [3.05, 3.63) is 40.7 Å². The molecule has 0 saturated heterocycles. The molecule has 1 aromatic carbocycles. The van der Waals surface area contributed by atoms with Gasteiger partial charge in [-0.2, -0.15) is 0 Å². The van der Waals surface area contributed by atoms with Crippen molar-refractivity contribution in [3.8, 4) is 0 Å². The molecule has 1 aliphatic rings. The van der Waals surface area contributed by atoms with Gasteiger partial charge in [0.2, 0.25) is 0 Å². The molecule has 0 bridgehead atoms. The molecule has 109 valence electrons. The molecule has 0 aliphatic heterocycles. The Morgan fingerprint density at radius 2 is 1.67 bits per heavy atom. The van der Waals surface area contributed by atoms with Crippen molar-refractivity contribution in [2.45, 2.75) is 58.3 Å². The third-order valence-corrected chi connectivity index (χ3v) is 6.01. The highest BCUT2D eigenvalue weighted by atomic mass is 32.1. The maximum Gasteiger partial charge on any atom is 0.182 e. The highest BCUT2D eigenvalue weighted by molar-refractivity contribution is 7.18. The van der Waals surface area contributed by atoms with E-state index in [2.05, 4.69) is 71.5 Å². The fourth-order valence-corrected chi connectivity index (χ4v) is 4.39. The van der Waals surface area contributed by atoms with Crippen LogP contribution >= 0.6 is 11.3 Å². The first-order valence-electron chi connectivity index (χ1n) is 7.87. The molecule has 1 radical (unpaired) electrons. The summed E-state index contributed by atoms with van der Waals surface area (Å²) in [7, 11) is 2.23. The van der Waals surface area contributed by atoms with Gasteiger partial charge in [-0.25, -0.2) is 0 Å². The third kappa shape index (κ3) is 2.48. The van der Waals surface area contributed by atoms with Crippen molar-refractivity contribution >= 4 is 34.2 Å². The van der Waals surface area contributed by atoms with Crippen LogP contribution in [0.25, 0.3) is 10.1 Å². The maximum atomic E-state index is 2.47. The fraction of sp³-hybridized carbons (Fsp3) is 0.474. The van der Waals surface area contributed by atoms with Gasteiger partial charge in [-0.3, -0.25) is 0 Å². The molecule has 0 atom stereocenters. The van der Waals surface area contributed by atoms with E-state index in [0.717, 1.165) is 0 Å². The second kappa shape index (κ2) is 5.02. The average molecular weight is 295 g/mol. The summed E-state index contributed by atoms with van der Waals surface area (Å²) in [4.78, 5) is 0. The minimum Gasteiger partial charge on any atom is -0.144 e. The largest absolute Gasteiger partial charge is 0.182 e. The monoisotopic (exact) mass is 295 g/mol. The van der Waals surface area contributed by atoms with Crippen LogP contribution in [-0.4, -0.2) is 7.28 Å². The Balaban J connectivity index is 2.23. The molecule has 0 amide bonds. The Morgan fingerprint density at radius 1 is 1.05 bits per heavy atom. The van der Waals surface area contributed by atoms with Gasteiger partial charge in [0.05, 0.1) is 0 Å². The fourth-order valence-electron chi connectivity index (χ4n) is 3.44. The molecule has 0 nitrogen and oxygen atoms in total. The van der Waals surface area contributed by atoms with Crippen LogP contribution in [0.2, 0.25) is 0 Å². The van der Waals surface area contributed by atoms with Crippen molar-refractivity contribution in [2.75, 3.05) is 0 Å². The number of allylic oxidation sites excluding steroid dienone is 1. The zero-order valence-electron chi connectivity index (χ0n) is 13.8. The van der Waals surface area contributed by atoms with Crippen LogP contribution in [-0.2, 0) is 10.8 Å². The lowest BCUT2D eigenvalue weighted by Gasteiger charge is -2.42. The van der Waals surface area contributed by atoms with E-state index in [4.69, 9.17) is 0 Å². The summed E-state index contributed by atoms with van der Waals surface area (Å²) in [5.41, 5.74) is 5.07. The normalized spacial score (nSPS) is 19.9. The summed E-state index contributed by atoms with van der Waals surface area (Å²) < 4.78 is 1.43. The summed E-state index contributed by atoms with van der Waals surface area (Å²) in [6, 6.07) is 4.93. The van der Waals surface area contributed by atoms with Crippen LogP contribution in [0.5, 0.6) is 0 Å². The first-order chi connectivity index (χ1) is 9.85. The van der Waals surface area contributed by atoms with Crippen LogP contribution in [0.4, 0.5) is 0 Å². The molecule has 2 aromatic rings. The summed E-state index contributed by atoms with van der Waals surface area (Å²) in [6.07, 6.45) is 4.65.